The van der Waals surface area contributed by atoms with Gasteiger partial charge in [0.05, 0.1) is 29.6 Å². The van der Waals surface area contributed by atoms with Crippen LogP contribution in [0.2, 0.25) is 0 Å². The molecule has 2 saturated carbocycles. The van der Waals surface area contributed by atoms with Gasteiger partial charge in [0.15, 0.2) is 6.10 Å². The Morgan fingerprint density at radius 3 is 2.50 bits per heavy atom. The van der Waals surface area contributed by atoms with Crippen molar-refractivity contribution in [2.45, 2.75) is 94.9 Å². The van der Waals surface area contributed by atoms with Gasteiger partial charge in [-0.15, -0.1) is 0 Å². The number of carbonyl (C=O) groups excluding carboxylic acids is 3. The number of cyclic esters (lactones) is 1. The van der Waals surface area contributed by atoms with E-state index in [1.807, 2.05) is 20.8 Å². The standard InChI is InChI=1S/C26H30O8/c1-22(2)15-11-16(27)24(4)14(25(15)17(32-22)5-6-18(28)33-25)7-9-23(3)19(13-8-10-30-12-13)31-21(29)20-26(23,24)34-20/h8,10,12,14-15,17,19-20H,5-7,9,11H2,1-4H3/t14-,15+,17+,19-,20-,23+,24-,25-,26+/m0/s1. The van der Waals surface area contributed by atoms with Gasteiger partial charge in [0, 0.05) is 35.7 Å². The third-order valence-corrected chi connectivity index (χ3v) is 10.5. The Morgan fingerprint density at radius 2 is 1.76 bits per heavy atom. The molecule has 0 N–H and O–H groups in total. The van der Waals surface area contributed by atoms with Gasteiger partial charge >= 0.3 is 11.9 Å². The zero-order valence-electron chi connectivity index (χ0n) is 19.9. The van der Waals surface area contributed by atoms with Gasteiger partial charge in [-0.25, -0.2) is 4.79 Å². The molecule has 4 aliphatic heterocycles. The zero-order chi connectivity index (χ0) is 23.9. The van der Waals surface area contributed by atoms with Crippen LogP contribution in [0.4, 0.5) is 0 Å². The molecule has 2 aliphatic carbocycles. The van der Waals surface area contributed by atoms with E-state index in [1.165, 1.54) is 0 Å². The van der Waals surface area contributed by atoms with Crippen molar-refractivity contribution in [3.05, 3.63) is 24.2 Å². The third-order valence-electron chi connectivity index (χ3n) is 10.5. The largest absolute Gasteiger partial charge is 0.472 e. The first-order valence-corrected chi connectivity index (χ1v) is 12.4. The van der Waals surface area contributed by atoms with Crippen molar-refractivity contribution in [3.8, 4) is 0 Å². The Morgan fingerprint density at radius 1 is 0.971 bits per heavy atom. The number of hydrogen-bond acceptors (Lipinski definition) is 8. The van der Waals surface area contributed by atoms with Crippen molar-refractivity contribution >= 4 is 17.7 Å². The summed E-state index contributed by atoms with van der Waals surface area (Å²) in [7, 11) is 0. The number of epoxide rings is 1. The Labute approximate surface area is 197 Å². The highest BCUT2D eigenvalue weighted by molar-refractivity contribution is 5.93. The fourth-order valence-electron chi connectivity index (χ4n) is 9.11. The van der Waals surface area contributed by atoms with Gasteiger partial charge < -0.3 is 23.4 Å². The second kappa shape index (κ2) is 5.95. The molecule has 0 aromatic carbocycles. The molecule has 0 unspecified atom stereocenters. The van der Waals surface area contributed by atoms with E-state index in [-0.39, 0.29) is 36.1 Å². The average molecular weight is 471 g/mol. The summed E-state index contributed by atoms with van der Waals surface area (Å²) in [6, 6.07) is 1.80. The molecule has 8 nitrogen and oxygen atoms in total. The van der Waals surface area contributed by atoms with Crippen LogP contribution in [0, 0.1) is 22.7 Å². The van der Waals surface area contributed by atoms with Crippen molar-refractivity contribution < 1.29 is 37.7 Å². The first-order chi connectivity index (χ1) is 16.0. The summed E-state index contributed by atoms with van der Waals surface area (Å²) in [5.74, 6) is -1.17. The van der Waals surface area contributed by atoms with Gasteiger partial charge in [-0.3, -0.25) is 9.59 Å². The van der Waals surface area contributed by atoms with Crippen molar-refractivity contribution in [2.24, 2.45) is 22.7 Å². The number of ketones is 1. The van der Waals surface area contributed by atoms with Crippen LogP contribution in [0.15, 0.2) is 23.0 Å². The van der Waals surface area contributed by atoms with Gasteiger partial charge in [0.1, 0.15) is 23.1 Å². The van der Waals surface area contributed by atoms with E-state index in [0.717, 1.165) is 5.56 Å². The molecule has 9 atom stereocenters. The minimum Gasteiger partial charge on any atom is -0.472 e. The molecule has 0 bridgehead atoms. The van der Waals surface area contributed by atoms with E-state index in [4.69, 9.17) is 23.4 Å². The lowest BCUT2D eigenvalue weighted by atomic mass is 9.39. The van der Waals surface area contributed by atoms with Crippen LogP contribution in [0.3, 0.4) is 0 Å². The molecule has 5 heterocycles. The van der Waals surface area contributed by atoms with Gasteiger partial charge in [0.25, 0.3) is 0 Å². The molecule has 34 heavy (non-hydrogen) atoms. The van der Waals surface area contributed by atoms with Crippen molar-refractivity contribution in [1.82, 2.24) is 0 Å². The molecular weight excluding hydrogens is 440 g/mol. The summed E-state index contributed by atoms with van der Waals surface area (Å²) in [6.45, 7) is 8.00. The number of hydrogen-bond donors (Lipinski definition) is 0. The molecular formula is C26H30O8. The lowest BCUT2D eigenvalue weighted by molar-refractivity contribution is -0.246. The fourth-order valence-corrected chi connectivity index (χ4v) is 9.11. The Balaban J connectivity index is 1.42. The van der Waals surface area contributed by atoms with Crippen LogP contribution in [0.5, 0.6) is 0 Å². The highest BCUT2D eigenvalue weighted by Crippen LogP contribution is 2.78. The summed E-state index contributed by atoms with van der Waals surface area (Å²) in [4.78, 5) is 40.1. The Kier molecular flexibility index (Phi) is 3.70. The van der Waals surface area contributed by atoms with Crippen LogP contribution in [0.1, 0.15) is 71.5 Å². The van der Waals surface area contributed by atoms with Crippen LogP contribution in [0.25, 0.3) is 0 Å². The topological polar surface area (TPSA) is 105 Å². The van der Waals surface area contributed by atoms with Crippen LogP contribution < -0.4 is 0 Å². The summed E-state index contributed by atoms with van der Waals surface area (Å²) in [6.07, 6.45) is 3.89. The maximum absolute atomic E-state index is 14.2. The maximum Gasteiger partial charge on any atom is 0.339 e. The van der Waals surface area contributed by atoms with E-state index in [1.54, 1.807) is 18.6 Å². The normalized spacial score (nSPS) is 52.4. The average Bonchev–Trinajstić information content (AvgIpc) is 3.26. The first-order valence-electron chi connectivity index (χ1n) is 12.4. The van der Waals surface area contributed by atoms with Crippen molar-refractivity contribution in [3.63, 3.8) is 0 Å². The monoisotopic (exact) mass is 470 g/mol. The number of rotatable bonds is 1. The summed E-state index contributed by atoms with van der Waals surface area (Å²) in [5, 5.41) is 0. The quantitative estimate of drug-likeness (QED) is 0.455. The minimum atomic E-state index is -1.03. The maximum atomic E-state index is 14.2. The van der Waals surface area contributed by atoms with Gasteiger partial charge in [-0.1, -0.05) is 6.92 Å². The fraction of sp³-hybridized carbons (Fsp3) is 0.731. The number of furan rings is 1. The molecule has 182 valence electrons. The molecule has 1 aromatic rings. The predicted octanol–water partition coefficient (Wildman–Crippen LogP) is 3.28. The van der Waals surface area contributed by atoms with Crippen LogP contribution >= 0.6 is 0 Å². The number of Topliss-reactive ketones (excluding diaryl/α,β-unsaturated/α-hetero) is 1. The van der Waals surface area contributed by atoms with E-state index < -0.39 is 45.8 Å². The molecule has 8 heteroatoms. The number of ether oxygens (including phenoxy) is 4. The summed E-state index contributed by atoms with van der Waals surface area (Å²) >= 11 is 0. The predicted molar refractivity (Wildman–Crippen MR) is 114 cm³/mol. The summed E-state index contributed by atoms with van der Waals surface area (Å²) < 4.78 is 30.4. The van der Waals surface area contributed by atoms with Crippen molar-refractivity contribution in [2.75, 3.05) is 0 Å². The first kappa shape index (κ1) is 21.1. The summed E-state index contributed by atoms with van der Waals surface area (Å²) in [5.41, 5.74) is -3.43. The van der Waals surface area contributed by atoms with Crippen LogP contribution in [-0.4, -0.2) is 46.7 Å². The highest BCUT2D eigenvalue weighted by Gasteiger charge is 2.90. The molecule has 7 rings (SSSR count). The zero-order valence-corrected chi connectivity index (χ0v) is 19.9. The minimum absolute atomic E-state index is 0.0566. The van der Waals surface area contributed by atoms with E-state index in [2.05, 4.69) is 6.92 Å². The third kappa shape index (κ3) is 2.02. The van der Waals surface area contributed by atoms with E-state index in [0.29, 0.717) is 25.7 Å². The molecule has 2 spiro atoms. The second-order valence-electron chi connectivity index (χ2n) is 12.1. The lowest BCUT2D eigenvalue weighted by Crippen LogP contribution is -2.75. The van der Waals surface area contributed by atoms with Gasteiger partial charge in [-0.2, -0.15) is 0 Å². The Bertz CT molecular complexity index is 1120. The molecule has 0 radical (unpaired) electrons. The number of carbonyl (C=O) groups is 3. The smallest absolute Gasteiger partial charge is 0.339 e. The molecule has 6 aliphatic rings. The number of esters is 2. The van der Waals surface area contributed by atoms with Gasteiger partial charge in [-0.05, 0) is 46.1 Å². The molecule has 0 amide bonds. The lowest BCUT2D eigenvalue weighted by Gasteiger charge is -2.64. The molecule has 1 aromatic heterocycles. The number of fused-ring (bicyclic) bond motifs is 1. The molecule has 6 fully saturated rings. The van der Waals surface area contributed by atoms with Crippen molar-refractivity contribution in [1.29, 1.82) is 0 Å². The van der Waals surface area contributed by atoms with Crippen LogP contribution in [-0.2, 0) is 33.3 Å². The second-order valence-corrected chi connectivity index (χ2v) is 12.1. The molecule has 4 saturated heterocycles. The van der Waals surface area contributed by atoms with E-state index in [9.17, 15) is 14.4 Å². The van der Waals surface area contributed by atoms with E-state index >= 15 is 0 Å². The highest BCUT2D eigenvalue weighted by atomic mass is 16.7. The van der Waals surface area contributed by atoms with Gasteiger partial charge in [0.2, 0.25) is 0 Å². The SMILES string of the molecule is CC1(C)O[C@@H]2CCC(=O)O[C@@]23[C@@H]1CC(=O)[C@]1(C)[C@@H]3CC[C@]2(C)[C@H](c3ccoc3)OC(=O)[C@@H]3O[C@]321. The Hall–Kier alpha value is -2.19.